The van der Waals surface area contributed by atoms with Crippen molar-refractivity contribution in [2.45, 2.75) is 13.8 Å². The van der Waals surface area contributed by atoms with E-state index in [1.807, 2.05) is 37.3 Å². The van der Waals surface area contributed by atoms with Gasteiger partial charge < -0.3 is 4.42 Å². The van der Waals surface area contributed by atoms with E-state index in [9.17, 15) is 14.9 Å². The Kier molecular flexibility index (Phi) is 4.56. The normalized spacial score (nSPS) is 15.1. The van der Waals surface area contributed by atoms with Crippen molar-refractivity contribution in [2.75, 3.05) is 5.01 Å². The third kappa shape index (κ3) is 3.45. The van der Waals surface area contributed by atoms with Crippen LogP contribution in [-0.2, 0) is 4.79 Å². The molecular formula is C22H17N3O4. The second kappa shape index (κ2) is 7.20. The second-order valence-electron chi connectivity index (χ2n) is 6.65. The number of hydrogen-bond donors (Lipinski definition) is 0. The number of nitro groups is 1. The Bertz CT molecular complexity index is 1180. The molecule has 2 aromatic carbocycles. The van der Waals surface area contributed by atoms with E-state index in [1.165, 1.54) is 17.1 Å². The molecule has 1 amide bonds. The van der Waals surface area contributed by atoms with Crippen molar-refractivity contribution in [1.82, 2.24) is 0 Å². The molecule has 7 nitrogen and oxygen atoms in total. The van der Waals surface area contributed by atoms with Gasteiger partial charge in [0.25, 0.3) is 11.6 Å². The molecule has 1 aliphatic heterocycles. The predicted molar refractivity (Wildman–Crippen MR) is 111 cm³/mol. The van der Waals surface area contributed by atoms with Crippen molar-refractivity contribution in [3.63, 3.8) is 0 Å². The number of nitro benzene ring substituents is 1. The van der Waals surface area contributed by atoms with E-state index in [-0.39, 0.29) is 11.6 Å². The van der Waals surface area contributed by atoms with Crippen LogP contribution in [0.4, 0.5) is 11.4 Å². The van der Waals surface area contributed by atoms with Crippen LogP contribution in [0.5, 0.6) is 0 Å². The number of non-ortho nitro benzene ring substituents is 1. The fourth-order valence-electron chi connectivity index (χ4n) is 3.13. The van der Waals surface area contributed by atoms with Gasteiger partial charge in [-0.1, -0.05) is 24.3 Å². The second-order valence-corrected chi connectivity index (χ2v) is 6.65. The lowest BCUT2D eigenvalue weighted by Crippen LogP contribution is -2.21. The largest absolute Gasteiger partial charge is 0.457 e. The van der Waals surface area contributed by atoms with E-state index in [1.54, 1.807) is 31.2 Å². The topological polar surface area (TPSA) is 89.0 Å². The molecule has 0 bridgehead atoms. The number of anilines is 1. The Labute approximate surface area is 166 Å². The Balaban J connectivity index is 1.65. The van der Waals surface area contributed by atoms with Gasteiger partial charge >= 0.3 is 0 Å². The fourth-order valence-corrected chi connectivity index (χ4v) is 3.13. The first kappa shape index (κ1) is 18.4. The van der Waals surface area contributed by atoms with Crippen LogP contribution in [0.1, 0.15) is 18.2 Å². The van der Waals surface area contributed by atoms with Gasteiger partial charge in [-0.3, -0.25) is 14.9 Å². The molecule has 1 aliphatic rings. The van der Waals surface area contributed by atoms with Crippen molar-refractivity contribution in [3.8, 4) is 11.3 Å². The molecule has 0 atom stereocenters. The molecule has 29 heavy (non-hydrogen) atoms. The van der Waals surface area contributed by atoms with Crippen molar-refractivity contribution >= 4 is 29.1 Å². The molecule has 4 rings (SSSR count). The molecule has 144 valence electrons. The number of hydrogen-bond acceptors (Lipinski definition) is 5. The molecule has 0 aliphatic carbocycles. The average Bonchev–Trinajstić information content (AvgIpc) is 3.29. The van der Waals surface area contributed by atoms with Crippen molar-refractivity contribution in [2.24, 2.45) is 5.10 Å². The summed E-state index contributed by atoms with van der Waals surface area (Å²) in [5.41, 5.74) is 3.20. The minimum Gasteiger partial charge on any atom is -0.457 e. The van der Waals surface area contributed by atoms with E-state index in [0.29, 0.717) is 34.1 Å². The first-order valence-corrected chi connectivity index (χ1v) is 8.96. The van der Waals surface area contributed by atoms with E-state index in [0.717, 1.165) is 5.56 Å². The summed E-state index contributed by atoms with van der Waals surface area (Å²) in [7, 11) is 0. The van der Waals surface area contributed by atoms with Crippen LogP contribution in [0.25, 0.3) is 17.4 Å². The van der Waals surface area contributed by atoms with Crippen LogP contribution < -0.4 is 5.01 Å². The van der Waals surface area contributed by atoms with Crippen LogP contribution in [0.3, 0.4) is 0 Å². The van der Waals surface area contributed by atoms with Crippen LogP contribution >= 0.6 is 0 Å². The Hall–Kier alpha value is -4.00. The summed E-state index contributed by atoms with van der Waals surface area (Å²) >= 11 is 0. The highest BCUT2D eigenvalue weighted by molar-refractivity contribution is 6.32. The molecule has 0 saturated heterocycles. The maximum Gasteiger partial charge on any atom is 0.280 e. The van der Waals surface area contributed by atoms with Gasteiger partial charge in [-0.25, -0.2) is 0 Å². The third-order valence-electron chi connectivity index (χ3n) is 4.67. The molecule has 0 radical (unpaired) electrons. The van der Waals surface area contributed by atoms with Gasteiger partial charge in [0.2, 0.25) is 0 Å². The number of carbonyl (C=O) groups excluding carboxylic acids is 1. The van der Waals surface area contributed by atoms with E-state index < -0.39 is 4.92 Å². The highest BCUT2D eigenvalue weighted by Gasteiger charge is 2.29. The lowest BCUT2D eigenvalue weighted by atomic mass is 10.1. The maximum absolute atomic E-state index is 12.8. The van der Waals surface area contributed by atoms with Crippen LogP contribution in [-0.4, -0.2) is 16.5 Å². The van der Waals surface area contributed by atoms with Crippen molar-refractivity contribution in [3.05, 3.63) is 87.7 Å². The zero-order valence-electron chi connectivity index (χ0n) is 15.8. The minimum atomic E-state index is -0.441. The zero-order chi connectivity index (χ0) is 20.5. The number of carbonyl (C=O) groups is 1. The average molecular weight is 387 g/mol. The number of amides is 1. The van der Waals surface area contributed by atoms with Gasteiger partial charge in [0.15, 0.2) is 0 Å². The summed E-state index contributed by atoms with van der Waals surface area (Å²) in [4.78, 5) is 23.4. The number of furan rings is 1. The number of aryl methyl sites for hydroxylation is 1. The molecule has 0 fully saturated rings. The van der Waals surface area contributed by atoms with E-state index in [4.69, 9.17) is 4.42 Å². The third-order valence-corrected chi connectivity index (χ3v) is 4.67. The predicted octanol–water partition coefficient (Wildman–Crippen LogP) is 4.97. The van der Waals surface area contributed by atoms with Crippen LogP contribution in [0.15, 0.2) is 75.8 Å². The first-order chi connectivity index (χ1) is 13.9. The van der Waals surface area contributed by atoms with Gasteiger partial charge in [-0.05, 0) is 49.8 Å². The number of benzene rings is 2. The Morgan fingerprint density at radius 3 is 2.55 bits per heavy atom. The molecule has 2 heterocycles. The van der Waals surface area contributed by atoms with Gasteiger partial charge in [0, 0.05) is 17.7 Å². The lowest BCUT2D eigenvalue weighted by molar-refractivity contribution is -0.384. The van der Waals surface area contributed by atoms with Gasteiger partial charge in [-0.15, -0.1) is 0 Å². The highest BCUT2D eigenvalue weighted by Crippen LogP contribution is 2.31. The summed E-state index contributed by atoms with van der Waals surface area (Å²) in [5.74, 6) is 0.731. The number of para-hydroxylation sites is 1. The molecule has 0 saturated carbocycles. The number of nitrogens with zero attached hydrogens (tertiary/aromatic N) is 3. The van der Waals surface area contributed by atoms with E-state index in [2.05, 4.69) is 5.10 Å². The van der Waals surface area contributed by atoms with Gasteiger partial charge in [0.05, 0.1) is 21.9 Å². The summed E-state index contributed by atoms with van der Waals surface area (Å²) in [6.45, 7) is 3.62. The minimum absolute atomic E-state index is 0.00523. The summed E-state index contributed by atoms with van der Waals surface area (Å²) < 4.78 is 5.86. The van der Waals surface area contributed by atoms with Crippen molar-refractivity contribution < 1.29 is 14.1 Å². The van der Waals surface area contributed by atoms with E-state index >= 15 is 0 Å². The molecule has 0 spiro atoms. The zero-order valence-corrected chi connectivity index (χ0v) is 15.8. The molecular weight excluding hydrogens is 370 g/mol. The maximum atomic E-state index is 12.8. The first-order valence-electron chi connectivity index (χ1n) is 8.96. The molecule has 3 aromatic rings. The highest BCUT2D eigenvalue weighted by atomic mass is 16.6. The Morgan fingerprint density at radius 2 is 1.83 bits per heavy atom. The summed E-state index contributed by atoms with van der Waals surface area (Å²) in [6, 6.07) is 17.3. The molecule has 7 heteroatoms. The molecule has 0 N–H and O–H groups in total. The van der Waals surface area contributed by atoms with Gasteiger partial charge in [-0.2, -0.15) is 10.1 Å². The van der Waals surface area contributed by atoms with Gasteiger partial charge in [0.1, 0.15) is 11.5 Å². The number of hydrazone groups is 1. The summed E-state index contributed by atoms with van der Waals surface area (Å²) in [5, 5.41) is 16.8. The molecule has 0 unspecified atom stereocenters. The summed E-state index contributed by atoms with van der Waals surface area (Å²) in [6.07, 6.45) is 1.64. The molecule has 1 aromatic heterocycles. The smallest absolute Gasteiger partial charge is 0.280 e. The fraction of sp³-hybridized carbons (Fsp3) is 0.0909. The van der Waals surface area contributed by atoms with Crippen LogP contribution in [0, 0.1) is 17.0 Å². The number of rotatable bonds is 4. The van der Waals surface area contributed by atoms with Crippen LogP contribution in [0.2, 0.25) is 0 Å². The Morgan fingerprint density at radius 1 is 1.07 bits per heavy atom. The quantitative estimate of drug-likeness (QED) is 0.359. The lowest BCUT2D eigenvalue weighted by Gasteiger charge is -2.10. The standard InChI is InChI=1S/C22H17N3O4/c1-14-8-9-17(25(27)28)12-19(14)21-11-10-18(29-21)13-20-15(2)23-24(22(20)26)16-6-4-3-5-7-16/h3-13H,1-2H3/b20-13+. The monoisotopic (exact) mass is 387 g/mol. The SMILES string of the molecule is CC1=NN(c2ccccc2)C(=O)/C1=C/c1ccc(-c2cc([N+](=O)[O-])ccc2C)o1. The van der Waals surface area contributed by atoms with Crippen molar-refractivity contribution in [1.29, 1.82) is 0 Å².